The van der Waals surface area contributed by atoms with E-state index < -0.39 is 4.92 Å². The van der Waals surface area contributed by atoms with Crippen molar-refractivity contribution in [2.75, 3.05) is 31.1 Å². The lowest BCUT2D eigenvalue weighted by Crippen LogP contribution is -2.46. The molecule has 2 aromatic rings. The molecule has 3 rings (SSSR count). The summed E-state index contributed by atoms with van der Waals surface area (Å²) in [6, 6.07) is 11.0. The van der Waals surface area contributed by atoms with Crippen LogP contribution in [0.25, 0.3) is 0 Å². The van der Waals surface area contributed by atoms with Crippen LogP contribution in [-0.4, -0.2) is 36.0 Å². The van der Waals surface area contributed by atoms with E-state index in [0.29, 0.717) is 54.6 Å². The van der Waals surface area contributed by atoms with Crippen molar-refractivity contribution >= 4 is 23.0 Å². The second-order valence-electron chi connectivity index (χ2n) is 6.07. The van der Waals surface area contributed by atoms with Crippen molar-refractivity contribution in [2.24, 2.45) is 0 Å². The number of rotatable bonds is 4. The van der Waals surface area contributed by atoms with Crippen LogP contribution in [0.1, 0.15) is 11.1 Å². The van der Waals surface area contributed by atoms with Gasteiger partial charge in [0.15, 0.2) is 0 Å². The van der Waals surface area contributed by atoms with Gasteiger partial charge in [-0.2, -0.15) is 5.26 Å². The van der Waals surface area contributed by atoms with Crippen LogP contribution in [0.5, 0.6) is 0 Å². The molecule has 0 amide bonds. The van der Waals surface area contributed by atoms with Crippen LogP contribution >= 0.6 is 11.6 Å². The zero-order chi connectivity index (χ0) is 18.7. The van der Waals surface area contributed by atoms with Gasteiger partial charge < -0.3 is 4.90 Å². The van der Waals surface area contributed by atoms with Gasteiger partial charge in [-0.1, -0.05) is 11.6 Å². The van der Waals surface area contributed by atoms with Crippen LogP contribution in [-0.2, 0) is 6.54 Å². The smallest absolute Gasteiger partial charge is 0.294 e. The Balaban J connectivity index is 1.69. The fourth-order valence-electron chi connectivity index (χ4n) is 3.06. The van der Waals surface area contributed by atoms with Gasteiger partial charge in [0.25, 0.3) is 5.69 Å². The van der Waals surface area contributed by atoms with Crippen molar-refractivity contribution in [3.8, 4) is 6.07 Å². The molecule has 134 valence electrons. The molecule has 0 atom stereocenters. The summed E-state index contributed by atoms with van der Waals surface area (Å²) >= 11 is 5.86. The normalized spacial score (nSPS) is 14.9. The molecule has 1 aliphatic rings. The number of nitro benzene ring substituents is 1. The first-order chi connectivity index (χ1) is 12.5. The molecule has 6 nitrogen and oxygen atoms in total. The van der Waals surface area contributed by atoms with Gasteiger partial charge in [-0.3, -0.25) is 15.0 Å². The largest absolute Gasteiger partial charge is 0.363 e. The lowest BCUT2D eigenvalue weighted by Gasteiger charge is -2.35. The minimum atomic E-state index is -0.434. The van der Waals surface area contributed by atoms with Crippen molar-refractivity contribution < 1.29 is 9.31 Å². The van der Waals surface area contributed by atoms with Crippen LogP contribution in [0, 0.1) is 27.3 Å². The first kappa shape index (κ1) is 18.1. The number of benzene rings is 2. The van der Waals surface area contributed by atoms with Crippen LogP contribution in [0.15, 0.2) is 36.4 Å². The molecule has 26 heavy (non-hydrogen) atoms. The molecule has 1 saturated heterocycles. The molecular weight excluding hydrogens is 359 g/mol. The number of hydrogen-bond acceptors (Lipinski definition) is 5. The molecule has 0 saturated carbocycles. The monoisotopic (exact) mass is 374 g/mol. The molecule has 1 fully saturated rings. The summed E-state index contributed by atoms with van der Waals surface area (Å²) in [4.78, 5) is 14.8. The topological polar surface area (TPSA) is 73.4 Å². The minimum Gasteiger partial charge on any atom is -0.363 e. The summed E-state index contributed by atoms with van der Waals surface area (Å²) < 4.78 is 13.9. The maximum absolute atomic E-state index is 13.9. The maximum Gasteiger partial charge on any atom is 0.294 e. The average Bonchev–Trinajstić information content (AvgIpc) is 2.64. The Bertz CT molecular complexity index is 876. The Kier molecular flexibility index (Phi) is 5.35. The Morgan fingerprint density at radius 3 is 2.58 bits per heavy atom. The van der Waals surface area contributed by atoms with Gasteiger partial charge in [-0.05, 0) is 30.3 Å². The molecule has 0 spiro atoms. The summed E-state index contributed by atoms with van der Waals surface area (Å²) in [5.41, 5.74) is 1.43. The highest BCUT2D eigenvalue weighted by molar-refractivity contribution is 6.30. The highest BCUT2D eigenvalue weighted by Crippen LogP contribution is 2.31. The molecule has 1 aliphatic heterocycles. The number of anilines is 1. The molecule has 0 aliphatic carbocycles. The lowest BCUT2D eigenvalue weighted by atomic mass is 10.1. The number of nitro groups is 1. The highest BCUT2D eigenvalue weighted by atomic mass is 35.5. The van der Waals surface area contributed by atoms with E-state index in [1.165, 1.54) is 18.2 Å². The standard InChI is InChI=1S/C18H16ClFN4O2/c19-15-2-4-17(18(10-15)24(25)26)23-7-5-22(6-8-23)12-14-9-13(11-21)1-3-16(14)20/h1-4,9-10H,5-8,12H2. The van der Waals surface area contributed by atoms with Gasteiger partial charge in [0.2, 0.25) is 0 Å². The van der Waals surface area contributed by atoms with Gasteiger partial charge in [-0.15, -0.1) is 0 Å². The molecule has 1 heterocycles. The van der Waals surface area contributed by atoms with Gasteiger partial charge in [-0.25, -0.2) is 4.39 Å². The maximum atomic E-state index is 13.9. The summed E-state index contributed by atoms with van der Waals surface area (Å²) in [7, 11) is 0. The van der Waals surface area contributed by atoms with Crippen molar-refractivity contribution in [1.29, 1.82) is 5.26 Å². The lowest BCUT2D eigenvalue weighted by molar-refractivity contribution is -0.384. The third-order valence-corrected chi connectivity index (χ3v) is 4.65. The third-order valence-electron chi connectivity index (χ3n) is 4.42. The Morgan fingerprint density at radius 2 is 1.92 bits per heavy atom. The quantitative estimate of drug-likeness (QED) is 0.604. The zero-order valence-electron chi connectivity index (χ0n) is 13.9. The Labute approximate surface area is 155 Å². The minimum absolute atomic E-state index is 0.0151. The van der Waals surface area contributed by atoms with Crippen LogP contribution in [0.4, 0.5) is 15.8 Å². The second-order valence-corrected chi connectivity index (χ2v) is 6.51. The number of nitriles is 1. The predicted octanol–water partition coefficient (Wildman–Crippen LogP) is 3.58. The van der Waals surface area contributed by atoms with Crippen LogP contribution in [0.2, 0.25) is 5.02 Å². The molecule has 0 N–H and O–H groups in total. The molecule has 0 bridgehead atoms. The van der Waals surface area contributed by atoms with Crippen molar-refractivity contribution in [2.45, 2.75) is 6.54 Å². The molecule has 8 heteroatoms. The first-order valence-electron chi connectivity index (χ1n) is 8.07. The Hall–Kier alpha value is -2.69. The van der Waals surface area contributed by atoms with E-state index in [4.69, 9.17) is 16.9 Å². The zero-order valence-corrected chi connectivity index (χ0v) is 14.6. The molecule has 0 aromatic heterocycles. The molecule has 0 unspecified atom stereocenters. The van der Waals surface area contributed by atoms with Gasteiger partial charge in [0.1, 0.15) is 11.5 Å². The first-order valence-corrected chi connectivity index (χ1v) is 8.45. The van der Waals surface area contributed by atoms with E-state index >= 15 is 0 Å². The van der Waals surface area contributed by atoms with Crippen molar-refractivity contribution in [3.63, 3.8) is 0 Å². The molecule has 0 radical (unpaired) electrons. The van der Waals surface area contributed by atoms with Crippen LogP contribution in [0.3, 0.4) is 0 Å². The van der Waals surface area contributed by atoms with Gasteiger partial charge >= 0.3 is 0 Å². The van der Waals surface area contributed by atoms with E-state index in [0.717, 1.165) is 0 Å². The summed E-state index contributed by atoms with van der Waals surface area (Å²) in [5.74, 6) is -0.334. The van der Waals surface area contributed by atoms with E-state index in [2.05, 4.69) is 4.90 Å². The SMILES string of the molecule is N#Cc1ccc(F)c(CN2CCN(c3ccc(Cl)cc3[N+](=O)[O-])CC2)c1. The Morgan fingerprint density at radius 1 is 1.19 bits per heavy atom. The summed E-state index contributed by atoms with van der Waals surface area (Å²) in [6.07, 6.45) is 0. The second kappa shape index (κ2) is 7.68. The predicted molar refractivity (Wildman–Crippen MR) is 96.7 cm³/mol. The van der Waals surface area contributed by atoms with Gasteiger partial charge in [0.05, 0.1) is 16.6 Å². The van der Waals surface area contributed by atoms with Gasteiger partial charge in [0, 0.05) is 49.4 Å². The fraction of sp³-hybridized carbons (Fsp3) is 0.278. The summed E-state index contributed by atoms with van der Waals surface area (Å²) in [5, 5.41) is 20.5. The average molecular weight is 375 g/mol. The molecule has 2 aromatic carbocycles. The summed E-state index contributed by atoms with van der Waals surface area (Å²) in [6.45, 7) is 2.84. The van der Waals surface area contributed by atoms with E-state index in [9.17, 15) is 14.5 Å². The number of nitrogens with zero attached hydrogens (tertiary/aromatic N) is 4. The van der Waals surface area contributed by atoms with Crippen LogP contribution < -0.4 is 4.90 Å². The molecular formula is C18H16ClFN4O2. The van der Waals surface area contributed by atoms with Crippen molar-refractivity contribution in [1.82, 2.24) is 4.90 Å². The number of hydrogen-bond donors (Lipinski definition) is 0. The van der Waals surface area contributed by atoms with Crippen molar-refractivity contribution in [3.05, 3.63) is 68.5 Å². The van der Waals surface area contributed by atoms with E-state index in [1.54, 1.807) is 18.2 Å². The number of halogens is 2. The van der Waals surface area contributed by atoms with E-state index in [1.807, 2.05) is 11.0 Å². The fourth-order valence-corrected chi connectivity index (χ4v) is 3.23. The third kappa shape index (κ3) is 3.93. The number of piperazine rings is 1. The highest BCUT2D eigenvalue weighted by Gasteiger charge is 2.24. The van der Waals surface area contributed by atoms with E-state index in [-0.39, 0.29) is 11.5 Å².